The molecule has 2 nitrogen and oxygen atoms in total. The Morgan fingerprint density at radius 3 is 2.55 bits per heavy atom. The van der Waals surface area contributed by atoms with Crippen LogP contribution in [0.25, 0.3) is 0 Å². The third kappa shape index (κ3) is 4.39. The highest BCUT2D eigenvalue weighted by atomic mass is 32.1. The van der Waals surface area contributed by atoms with Crippen molar-refractivity contribution in [2.24, 2.45) is 4.99 Å². The van der Waals surface area contributed by atoms with Gasteiger partial charge < -0.3 is 4.74 Å². The molecular formula is C18H12FNOS. The molecule has 108 valence electrons. The quantitative estimate of drug-likeness (QED) is 0.349. The Hall–Kier alpha value is -2.73. The first-order chi connectivity index (χ1) is 10.7. The fraction of sp³-hybridized carbons (Fsp3) is 0.0556. The maximum absolute atomic E-state index is 13.8. The van der Waals surface area contributed by atoms with E-state index in [1.54, 1.807) is 36.6 Å². The van der Waals surface area contributed by atoms with E-state index in [0.717, 1.165) is 11.3 Å². The average molecular weight is 309 g/mol. The van der Waals surface area contributed by atoms with Crippen LogP contribution in [0, 0.1) is 17.7 Å². The van der Waals surface area contributed by atoms with Crippen LogP contribution in [0.4, 0.5) is 10.1 Å². The summed E-state index contributed by atoms with van der Waals surface area (Å²) in [6, 6.07) is 11.7. The van der Waals surface area contributed by atoms with E-state index < -0.39 is 5.82 Å². The van der Waals surface area contributed by atoms with Crippen molar-refractivity contribution in [2.75, 3.05) is 0 Å². The molecule has 2 aromatic rings. The topological polar surface area (TPSA) is 21.6 Å². The SMILES string of the molecule is CC=COc1ccc(C#Cc2ccc(N=C=S)cc2F)cc1. The van der Waals surface area contributed by atoms with Crippen LogP contribution in [0.5, 0.6) is 5.75 Å². The Morgan fingerprint density at radius 2 is 1.91 bits per heavy atom. The van der Waals surface area contributed by atoms with E-state index in [1.165, 1.54) is 6.07 Å². The molecule has 2 aromatic carbocycles. The smallest absolute Gasteiger partial charge is 0.141 e. The van der Waals surface area contributed by atoms with Gasteiger partial charge in [0.05, 0.1) is 22.7 Å². The summed E-state index contributed by atoms with van der Waals surface area (Å²) in [6.45, 7) is 1.87. The number of isothiocyanates is 1. The molecule has 2 rings (SSSR count). The first-order valence-electron chi connectivity index (χ1n) is 6.50. The number of aliphatic imine (C=N–C) groups is 1. The van der Waals surface area contributed by atoms with E-state index in [1.807, 2.05) is 19.1 Å². The van der Waals surface area contributed by atoms with Crippen molar-refractivity contribution in [3.8, 4) is 17.6 Å². The Kier molecular flexibility index (Phi) is 5.62. The van der Waals surface area contributed by atoms with E-state index in [0.29, 0.717) is 11.3 Å². The molecule has 0 radical (unpaired) electrons. The Bertz CT molecular complexity index is 794. The van der Waals surface area contributed by atoms with Gasteiger partial charge >= 0.3 is 0 Å². The highest BCUT2D eigenvalue weighted by Gasteiger charge is 2.00. The Morgan fingerprint density at radius 1 is 1.14 bits per heavy atom. The standard InChI is InChI=1S/C18H12FNOS/c1-2-11-21-17-9-4-14(5-10-17)3-6-15-7-8-16(20-13-22)12-18(15)19/h2,4-5,7-12H,1H3. The van der Waals surface area contributed by atoms with Crippen LogP contribution in [-0.4, -0.2) is 5.16 Å². The predicted octanol–water partition coefficient (Wildman–Crippen LogP) is 4.87. The molecular weight excluding hydrogens is 297 g/mol. The fourth-order valence-electron chi connectivity index (χ4n) is 1.63. The number of rotatable bonds is 3. The van der Waals surface area contributed by atoms with Crippen molar-refractivity contribution in [1.29, 1.82) is 0 Å². The molecule has 0 aliphatic heterocycles. The van der Waals surface area contributed by atoms with Crippen molar-refractivity contribution in [2.45, 2.75) is 6.92 Å². The monoisotopic (exact) mass is 309 g/mol. The molecule has 4 heteroatoms. The number of hydrogen-bond donors (Lipinski definition) is 0. The summed E-state index contributed by atoms with van der Waals surface area (Å²) < 4.78 is 19.1. The molecule has 0 N–H and O–H groups in total. The summed E-state index contributed by atoms with van der Waals surface area (Å²) >= 11 is 4.48. The number of allylic oxidation sites excluding steroid dienone is 1. The number of ether oxygens (including phenoxy) is 1. The highest BCUT2D eigenvalue weighted by Crippen LogP contribution is 2.16. The molecule has 0 aromatic heterocycles. The minimum Gasteiger partial charge on any atom is -0.465 e. The summed E-state index contributed by atoms with van der Waals surface area (Å²) in [7, 11) is 0. The zero-order chi connectivity index (χ0) is 15.8. The molecule has 0 spiro atoms. The molecule has 0 amide bonds. The predicted molar refractivity (Wildman–Crippen MR) is 89.0 cm³/mol. The van der Waals surface area contributed by atoms with Crippen LogP contribution in [0.3, 0.4) is 0 Å². The molecule has 0 aliphatic rings. The normalized spacial score (nSPS) is 9.73. The molecule has 0 bridgehead atoms. The van der Waals surface area contributed by atoms with E-state index in [-0.39, 0.29) is 0 Å². The van der Waals surface area contributed by atoms with Gasteiger partial charge in [0.2, 0.25) is 0 Å². The van der Waals surface area contributed by atoms with Crippen LogP contribution >= 0.6 is 12.2 Å². The molecule has 0 fully saturated rings. The van der Waals surface area contributed by atoms with Crippen molar-refractivity contribution in [3.05, 3.63) is 71.7 Å². The maximum Gasteiger partial charge on any atom is 0.141 e. The van der Waals surface area contributed by atoms with E-state index >= 15 is 0 Å². The van der Waals surface area contributed by atoms with Crippen molar-refractivity contribution in [1.82, 2.24) is 0 Å². The number of benzene rings is 2. The fourth-order valence-corrected chi connectivity index (χ4v) is 1.74. The largest absolute Gasteiger partial charge is 0.465 e. The van der Waals surface area contributed by atoms with E-state index in [2.05, 4.69) is 34.2 Å². The highest BCUT2D eigenvalue weighted by molar-refractivity contribution is 7.78. The molecule has 0 aliphatic carbocycles. The van der Waals surface area contributed by atoms with E-state index in [9.17, 15) is 4.39 Å². The summed E-state index contributed by atoms with van der Waals surface area (Å²) in [5.41, 5.74) is 1.49. The van der Waals surface area contributed by atoms with Crippen LogP contribution in [0.1, 0.15) is 18.1 Å². The number of halogens is 1. The third-order valence-corrected chi connectivity index (χ3v) is 2.75. The van der Waals surface area contributed by atoms with Gasteiger partial charge in [-0.25, -0.2) is 4.39 Å². The van der Waals surface area contributed by atoms with Crippen LogP contribution in [0.15, 0.2) is 59.8 Å². The Labute approximate surface area is 134 Å². The van der Waals surface area contributed by atoms with Gasteiger partial charge in [-0.2, -0.15) is 4.99 Å². The summed E-state index contributed by atoms with van der Waals surface area (Å²) in [5, 5.41) is 2.20. The van der Waals surface area contributed by atoms with Gasteiger partial charge in [-0.05, 0) is 55.5 Å². The lowest BCUT2D eigenvalue weighted by molar-refractivity contribution is 0.480. The molecule has 22 heavy (non-hydrogen) atoms. The molecule has 0 unspecified atom stereocenters. The molecule has 0 atom stereocenters. The van der Waals surface area contributed by atoms with Gasteiger partial charge in [0.25, 0.3) is 0 Å². The lowest BCUT2D eigenvalue weighted by atomic mass is 10.1. The number of hydrogen-bond acceptors (Lipinski definition) is 3. The van der Waals surface area contributed by atoms with Gasteiger partial charge in [0, 0.05) is 11.6 Å². The average Bonchev–Trinajstić information content (AvgIpc) is 2.53. The summed E-state index contributed by atoms with van der Waals surface area (Å²) in [5.74, 6) is 5.98. The van der Waals surface area contributed by atoms with Crippen molar-refractivity contribution in [3.63, 3.8) is 0 Å². The molecule has 0 saturated carbocycles. The zero-order valence-corrected chi connectivity index (χ0v) is 12.7. The number of nitrogens with zero attached hydrogens (tertiary/aromatic N) is 1. The zero-order valence-electron chi connectivity index (χ0n) is 11.8. The second-order valence-corrected chi connectivity index (χ2v) is 4.41. The first-order valence-corrected chi connectivity index (χ1v) is 6.91. The van der Waals surface area contributed by atoms with Gasteiger partial charge in [-0.15, -0.1) is 0 Å². The third-order valence-electron chi connectivity index (χ3n) is 2.66. The summed E-state index contributed by atoms with van der Waals surface area (Å²) in [6.07, 6.45) is 3.40. The van der Waals surface area contributed by atoms with Crippen LogP contribution < -0.4 is 4.74 Å². The van der Waals surface area contributed by atoms with Crippen molar-refractivity contribution >= 4 is 23.1 Å². The van der Waals surface area contributed by atoms with Crippen LogP contribution in [0.2, 0.25) is 0 Å². The van der Waals surface area contributed by atoms with Crippen LogP contribution in [-0.2, 0) is 0 Å². The summed E-state index contributed by atoms with van der Waals surface area (Å²) in [4.78, 5) is 3.72. The Balaban J connectivity index is 2.17. The maximum atomic E-state index is 13.8. The van der Waals surface area contributed by atoms with Gasteiger partial charge in [-0.3, -0.25) is 0 Å². The molecule has 0 heterocycles. The van der Waals surface area contributed by atoms with Gasteiger partial charge in [-0.1, -0.05) is 17.9 Å². The second kappa shape index (κ2) is 7.90. The number of thiocarbonyl (C=S) groups is 1. The van der Waals surface area contributed by atoms with Crippen molar-refractivity contribution < 1.29 is 9.13 Å². The lowest BCUT2D eigenvalue weighted by Crippen LogP contribution is -1.84. The minimum atomic E-state index is -0.438. The minimum absolute atomic E-state index is 0.303. The van der Waals surface area contributed by atoms with Gasteiger partial charge in [0.15, 0.2) is 0 Å². The second-order valence-electron chi connectivity index (χ2n) is 4.23. The first kappa shape index (κ1) is 15.7. The molecule has 0 saturated heterocycles. The van der Waals surface area contributed by atoms with Gasteiger partial charge in [0.1, 0.15) is 11.6 Å². The van der Waals surface area contributed by atoms with E-state index in [4.69, 9.17) is 4.74 Å². The lowest BCUT2D eigenvalue weighted by Gasteiger charge is -1.99.